The van der Waals surface area contributed by atoms with Crippen LogP contribution in [0.25, 0.3) is 0 Å². The van der Waals surface area contributed by atoms with Gasteiger partial charge in [0.1, 0.15) is 0 Å². The van der Waals surface area contributed by atoms with Crippen molar-refractivity contribution < 1.29 is 5.11 Å². The van der Waals surface area contributed by atoms with Gasteiger partial charge in [-0.05, 0) is 47.4 Å². The average Bonchev–Trinajstić information content (AvgIpc) is 2.94. The summed E-state index contributed by atoms with van der Waals surface area (Å²) in [6.07, 6.45) is 3.75. The van der Waals surface area contributed by atoms with Crippen molar-refractivity contribution in [1.82, 2.24) is 5.32 Å². The van der Waals surface area contributed by atoms with Gasteiger partial charge in [-0.15, -0.1) is 11.3 Å². The van der Waals surface area contributed by atoms with E-state index < -0.39 is 0 Å². The summed E-state index contributed by atoms with van der Waals surface area (Å²) in [5.41, 5.74) is 3.72. The molecule has 0 fully saturated rings. The van der Waals surface area contributed by atoms with Gasteiger partial charge in [0, 0.05) is 17.5 Å². The maximum atomic E-state index is 9.16. The molecule has 1 aromatic carbocycles. The average molecular weight is 273 g/mol. The third kappa shape index (κ3) is 2.89. The first-order chi connectivity index (χ1) is 9.36. The summed E-state index contributed by atoms with van der Waals surface area (Å²) in [6.45, 7) is 0.986. The van der Waals surface area contributed by atoms with Gasteiger partial charge in [0.05, 0.1) is 6.61 Å². The van der Waals surface area contributed by atoms with Crippen molar-refractivity contribution in [1.29, 1.82) is 0 Å². The maximum absolute atomic E-state index is 9.16. The quantitative estimate of drug-likeness (QED) is 0.894. The van der Waals surface area contributed by atoms with Crippen LogP contribution in [0.4, 0.5) is 0 Å². The summed E-state index contributed by atoms with van der Waals surface area (Å²) in [4.78, 5) is 1.55. The topological polar surface area (TPSA) is 32.3 Å². The lowest BCUT2D eigenvalue weighted by atomic mass is 9.94. The minimum atomic E-state index is 0.117. The fourth-order valence-corrected chi connectivity index (χ4v) is 3.76. The Hall–Kier alpha value is -1.16. The summed E-state index contributed by atoms with van der Waals surface area (Å²) in [5, 5.41) is 15.0. The van der Waals surface area contributed by atoms with Crippen molar-refractivity contribution in [2.45, 2.75) is 38.5 Å². The van der Waals surface area contributed by atoms with Crippen LogP contribution >= 0.6 is 11.3 Å². The van der Waals surface area contributed by atoms with E-state index in [-0.39, 0.29) is 6.61 Å². The van der Waals surface area contributed by atoms with Gasteiger partial charge < -0.3 is 10.4 Å². The monoisotopic (exact) mass is 273 g/mol. The van der Waals surface area contributed by atoms with E-state index in [1.807, 2.05) is 23.5 Å². The van der Waals surface area contributed by atoms with E-state index >= 15 is 0 Å². The molecule has 1 aliphatic rings. The molecule has 1 aliphatic carbocycles. The lowest BCUT2D eigenvalue weighted by molar-refractivity contribution is 0.281. The van der Waals surface area contributed by atoms with Gasteiger partial charge in [-0.2, -0.15) is 0 Å². The van der Waals surface area contributed by atoms with E-state index in [1.54, 1.807) is 4.88 Å². The summed E-state index contributed by atoms with van der Waals surface area (Å²) in [5.74, 6) is 0. The maximum Gasteiger partial charge on any atom is 0.0681 e. The van der Waals surface area contributed by atoms with Gasteiger partial charge in [-0.1, -0.05) is 24.3 Å². The van der Waals surface area contributed by atoms with Crippen molar-refractivity contribution in [2.75, 3.05) is 0 Å². The first kappa shape index (κ1) is 12.9. The third-order valence-electron chi connectivity index (χ3n) is 3.78. The van der Waals surface area contributed by atoms with Gasteiger partial charge in [0.2, 0.25) is 0 Å². The van der Waals surface area contributed by atoms with Crippen LogP contribution in [-0.2, 0) is 19.6 Å². The summed E-state index contributed by atoms with van der Waals surface area (Å²) < 4.78 is 0. The van der Waals surface area contributed by atoms with Crippen LogP contribution in [0.5, 0.6) is 0 Å². The molecule has 100 valence electrons. The van der Waals surface area contributed by atoms with Gasteiger partial charge in [-0.25, -0.2) is 0 Å². The second-order valence-electron chi connectivity index (χ2n) is 5.10. The number of nitrogens with one attached hydrogen (secondary N) is 1. The van der Waals surface area contributed by atoms with Crippen molar-refractivity contribution in [2.24, 2.45) is 0 Å². The number of rotatable bonds is 4. The minimum absolute atomic E-state index is 0.117. The standard InChI is InChI=1S/C16H19NOS/c18-11-13-4-1-3-12(9-13)10-17-15-5-2-6-16-14(15)7-8-19-16/h1,3-4,7-9,15,17-18H,2,5-6,10-11H2. The van der Waals surface area contributed by atoms with E-state index in [4.69, 9.17) is 5.11 Å². The molecule has 0 amide bonds. The van der Waals surface area contributed by atoms with Gasteiger partial charge in [0.15, 0.2) is 0 Å². The molecule has 1 heterocycles. The van der Waals surface area contributed by atoms with E-state index in [1.165, 1.54) is 30.4 Å². The van der Waals surface area contributed by atoms with Crippen LogP contribution in [0, 0.1) is 0 Å². The molecule has 0 saturated carbocycles. The number of benzene rings is 1. The Kier molecular flexibility index (Phi) is 3.97. The fourth-order valence-electron chi connectivity index (χ4n) is 2.78. The molecule has 19 heavy (non-hydrogen) atoms. The second kappa shape index (κ2) is 5.87. The number of thiophene rings is 1. The molecule has 0 saturated heterocycles. The van der Waals surface area contributed by atoms with Crippen LogP contribution in [0.1, 0.15) is 40.5 Å². The highest BCUT2D eigenvalue weighted by molar-refractivity contribution is 7.10. The number of fused-ring (bicyclic) bond motifs is 1. The van der Waals surface area contributed by atoms with Crippen LogP contribution in [-0.4, -0.2) is 5.11 Å². The largest absolute Gasteiger partial charge is 0.392 e. The molecular weight excluding hydrogens is 254 g/mol. The molecule has 0 spiro atoms. The zero-order valence-corrected chi connectivity index (χ0v) is 11.7. The van der Waals surface area contributed by atoms with E-state index in [0.29, 0.717) is 6.04 Å². The van der Waals surface area contributed by atoms with Crippen molar-refractivity contribution >= 4 is 11.3 Å². The van der Waals surface area contributed by atoms with E-state index in [9.17, 15) is 0 Å². The highest BCUT2D eigenvalue weighted by Crippen LogP contribution is 2.33. The van der Waals surface area contributed by atoms with E-state index in [2.05, 4.69) is 28.9 Å². The van der Waals surface area contributed by atoms with Crippen LogP contribution in [0.3, 0.4) is 0 Å². The molecule has 1 aromatic heterocycles. The van der Waals surface area contributed by atoms with Crippen molar-refractivity contribution in [3.63, 3.8) is 0 Å². The lowest BCUT2D eigenvalue weighted by Crippen LogP contribution is -2.23. The number of aliphatic hydroxyl groups excluding tert-OH is 1. The summed E-state index contributed by atoms with van der Waals surface area (Å²) in [7, 11) is 0. The minimum Gasteiger partial charge on any atom is -0.392 e. The first-order valence-electron chi connectivity index (χ1n) is 6.85. The SMILES string of the molecule is OCc1cccc(CNC2CCCc3sccc32)c1. The number of aryl methyl sites for hydroxylation is 1. The Labute approximate surface area is 118 Å². The number of hydrogen-bond acceptors (Lipinski definition) is 3. The van der Waals surface area contributed by atoms with Gasteiger partial charge in [-0.3, -0.25) is 0 Å². The van der Waals surface area contributed by atoms with Crippen molar-refractivity contribution in [3.05, 3.63) is 57.3 Å². The Morgan fingerprint density at radius 3 is 3.05 bits per heavy atom. The lowest BCUT2D eigenvalue weighted by Gasteiger charge is -2.24. The third-order valence-corrected chi connectivity index (χ3v) is 4.77. The smallest absolute Gasteiger partial charge is 0.0681 e. The van der Waals surface area contributed by atoms with Gasteiger partial charge >= 0.3 is 0 Å². The molecule has 1 unspecified atom stereocenters. The Morgan fingerprint density at radius 2 is 2.16 bits per heavy atom. The Morgan fingerprint density at radius 1 is 1.26 bits per heavy atom. The molecule has 2 aromatic rings. The molecule has 3 rings (SSSR count). The number of hydrogen-bond donors (Lipinski definition) is 2. The second-order valence-corrected chi connectivity index (χ2v) is 6.10. The normalized spacial score (nSPS) is 18.3. The zero-order valence-electron chi connectivity index (χ0n) is 10.9. The van der Waals surface area contributed by atoms with Crippen LogP contribution in [0.2, 0.25) is 0 Å². The predicted octanol–water partition coefficient (Wildman–Crippen LogP) is 3.41. The van der Waals surface area contributed by atoms with Gasteiger partial charge in [0.25, 0.3) is 0 Å². The Bertz CT molecular complexity index is 549. The zero-order chi connectivity index (χ0) is 13.1. The Balaban J connectivity index is 1.67. The van der Waals surface area contributed by atoms with Crippen LogP contribution in [0.15, 0.2) is 35.7 Å². The molecule has 0 aliphatic heterocycles. The molecule has 0 bridgehead atoms. The predicted molar refractivity (Wildman–Crippen MR) is 79.2 cm³/mol. The molecule has 0 radical (unpaired) electrons. The summed E-state index contributed by atoms with van der Waals surface area (Å²) in [6, 6.07) is 10.9. The molecule has 2 nitrogen and oxygen atoms in total. The molecule has 3 heteroatoms. The molecular formula is C16H19NOS. The van der Waals surface area contributed by atoms with E-state index in [0.717, 1.165) is 12.1 Å². The molecule has 1 atom stereocenters. The molecule has 2 N–H and O–H groups in total. The highest BCUT2D eigenvalue weighted by atomic mass is 32.1. The highest BCUT2D eigenvalue weighted by Gasteiger charge is 2.20. The summed E-state index contributed by atoms with van der Waals surface area (Å²) >= 11 is 1.88. The first-order valence-corrected chi connectivity index (χ1v) is 7.73. The van der Waals surface area contributed by atoms with Crippen LogP contribution < -0.4 is 5.32 Å². The van der Waals surface area contributed by atoms with Crippen molar-refractivity contribution in [3.8, 4) is 0 Å². The fraction of sp³-hybridized carbons (Fsp3) is 0.375. The number of aliphatic hydroxyl groups is 1.